The lowest BCUT2D eigenvalue weighted by Gasteiger charge is -2.32. The summed E-state index contributed by atoms with van der Waals surface area (Å²) in [4.78, 5) is 28.3. The molecule has 1 heterocycles. The highest BCUT2D eigenvalue weighted by atomic mass is 32.2. The van der Waals surface area contributed by atoms with Gasteiger partial charge in [-0.15, -0.1) is 0 Å². The van der Waals surface area contributed by atoms with Gasteiger partial charge in [-0.05, 0) is 30.5 Å². The molecule has 2 rings (SSSR count). The Bertz CT molecular complexity index is 1170. The Morgan fingerprint density at radius 3 is 2.27 bits per heavy atom. The molecule has 4 N–H and O–H groups in total. The molecule has 0 saturated carbocycles. The van der Waals surface area contributed by atoms with Crippen LogP contribution in [0.25, 0.3) is 0 Å². The predicted octanol–water partition coefficient (Wildman–Crippen LogP) is -0.0473. The molecule has 0 saturated heterocycles. The van der Waals surface area contributed by atoms with E-state index < -0.39 is 63.8 Å². The molecule has 1 aromatic heterocycles. The second kappa shape index (κ2) is 12.9. The minimum Gasteiger partial charge on any atom is -0.430 e. The zero-order valence-electron chi connectivity index (χ0n) is 20.6. The zero-order chi connectivity index (χ0) is 27.9. The van der Waals surface area contributed by atoms with Gasteiger partial charge in [-0.3, -0.25) is 9.59 Å². The molecule has 2 amide bonds. The maximum atomic E-state index is 13.8. The van der Waals surface area contributed by atoms with Crippen LogP contribution in [0.1, 0.15) is 29.4 Å². The van der Waals surface area contributed by atoms with E-state index in [4.69, 9.17) is 9.15 Å². The number of aliphatic hydroxyl groups is 2. The average Bonchev–Trinajstić information content (AvgIpc) is 3.28. The van der Waals surface area contributed by atoms with Crippen molar-refractivity contribution >= 4 is 27.9 Å². The van der Waals surface area contributed by atoms with E-state index in [-0.39, 0.29) is 30.7 Å². The van der Waals surface area contributed by atoms with Crippen molar-refractivity contribution in [3.8, 4) is 0 Å². The van der Waals surface area contributed by atoms with Crippen molar-refractivity contribution in [2.45, 2.75) is 44.1 Å². The minimum absolute atomic E-state index is 0.0553. The number of sulfonamides is 1. The highest BCUT2D eigenvalue weighted by Crippen LogP contribution is 2.18. The van der Waals surface area contributed by atoms with Gasteiger partial charge in [-0.1, -0.05) is 0 Å². The van der Waals surface area contributed by atoms with Crippen molar-refractivity contribution in [1.82, 2.24) is 15.6 Å². The molecule has 4 unspecified atom stereocenters. The molecule has 15 heteroatoms. The molecule has 1 aromatic carbocycles. The van der Waals surface area contributed by atoms with Crippen LogP contribution in [0.3, 0.4) is 0 Å². The van der Waals surface area contributed by atoms with Crippen LogP contribution in [0.5, 0.6) is 0 Å². The number of methoxy groups -OCH3 is 1. The lowest BCUT2D eigenvalue weighted by molar-refractivity contribution is -0.121. The van der Waals surface area contributed by atoms with Gasteiger partial charge in [0.15, 0.2) is 5.69 Å². The number of aromatic nitrogens is 1. The molecule has 0 radical (unpaired) electrons. The lowest BCUT2D eigenvalue weighted by atomic mass is 9.92. The molecule has 0 fully saturated rings. The maximum Gasteiger partial charge on any atom is 0.311 e. The monoisotopic (exact) mass is 548 g/mol. The molecule has 12 nitrogen and oxygen atoms in total. The number of carbonyl (C=O) groups excluding carboxylic acids is 2. The summed E-state index contributed by atoms with van der Waals surface area (Å²) in [7, 11) is -1.17. The number of rotatable bonds is 13. The van der Waals surface area contributed by atoms with Crippen LogP contribution in [0.4, 0.5) is 14.8 Å². The van der Waals surface area contributed by atoms with Crippen molar-refractivity contribution < 1.29 is 46.2 Å². The van der Waals surface area contributed by atoms with Crippen LogP contribution in [-0.4, -0.2) is 86.7 Å². The fraction of sp³-hybridized carbons (Fsp3) is 0.500. The van der Waals surface area contributed by atoms with Crippen LogP contribution in [-0.2, 0) is 26.0 Å². The topological polar surface area (TPSA) is 171 Å². The first-order chi connectivity index (χ1) is 17.2. The van der Waals surface area contributed by atoms with E-state index in [1.165, 1.54) is 14.0 Å². The van der Waals surface area contributed by atoms with Gasteiger partial charge in [0.25, 0.3) is 5.91 Å². The van der Waals surface area contributed by atoms with Crippen LogP contribution < -0.4 is 14.9 Å². The second-order valence-electron chi connectivity index (χ2n) is 8.38. The third-order valence-corrected chi connectivity index (χ3v) is 6.53. The molecule has 0 spiro atoms. The average molecular weight is 549 g/mol. The van der Waals surface area contributed by atoms with Gasteiger partial charge in [0.2, 0.25) is 15.9 Å². The fourth-order valence-electron chi connectivity index (χ4n) is 3.45. The van der Waals surface area contributed by atoms with Crippen LogP contribution in [0, 0.1) is 11.6 Å². The summed E-state index contributed by atoms with van der Waals surface area (Å²) < 4.78 is 61.6. The number of nitrogens with zero attached hydrogens (tertiary/aromatic N) is 2. The molecule has 0 bridgehead atoms. The fourth-order valence-corrected chi connectivity index (χ4v) is 3.82. The van der Waals surface area contributed by atoms with Crippen molar-refractivity contribution in [2.24, 2.45) is 0 Å². The third-order valence-electron chi connectivity index (χ3n) is 5.38. The summed E-state index contributed by atoms with van der Waals surface area (Å²) in [5.41, 5.74) is -0.305. The number of aliphatic hydroxyl groups excluding tert-OH is 2. The van der Waals surface area contributed by atoms with Gasteiger partial charge in [0, 0.05) is 33.8 Å². The molecule has 37 heavy (non-hydrogen) atoms. The van der Waals surface area contributed by atoms with Crippen LogP contribution >= 0.6 is 0 Å². The first-order valence-electron chi connectivity index (χ1n) is 11.0. The Kier molecular flexibility index (Phi) is 10.5. The van der Waals surface area contributed by atoms with E-state index >= 15 is 0 Å². The number of nitrogens with one attached hydrogen (secondary N) is 2. The van der Waals surface area contributed by atoms with Crippen LogP contribution in [0.15, 0.2) is 28.9 Å². The first-order valence-corrected chi connectivity index (χ1v) is 12.8. The minimum atomic E-state index is -3.74. The summed E-state index contributed by atoms with van der Waals surface area (Å²) in [5.74, 6) is -3.21. The number of amides is 2. The molecule has 0 aliphatic rings. The highest BCUT2D eigenvalue weighted by molar-refractivity contribution is 7.92. The molecular formula is C22H30F2N4O8S. The summed E-state index contributed by atoms with van der Waals surface area (Å²) in [6.07, 6.45) is -1.82. The quantitative estimate of drug-likeness (QED) is 0.268. The SMILES string of the molecule is COCCC(NC(C)=O)C(O)C(O)C(Cc1cc(F)cc(F)c1)NC(=O)c1coc(N(C)S(C)(=O)=O)n1. The summed E-state index contributed by atoms with van der Waals surface area (Å²) in [6.45, 7) is 1.33. The molecule has 4 atom stereocenters. The van der Waals surface area contributed by atoms with Gasteiger partial charge in [0.05, 0.1) is 18.3 Å². The number of benzene rings is 1. The summed E-state index contributed by atoms with van der Waals surface area (Å²) in [5, 5.41) is 26.7. The largest absolute Gasteiger partial charge is 0.430 e. The van der Waals surface area contributed by atoms with Gasteiger partial charge in [0.1, 0.15) is 30.1 Å². The number of hydrogen-bond acceptors (Lipinski definition) is 9. The summed E-state index contributed by atoms with van der Waals surface area (Å²) >= 11 is 0. The Morgan fingerprint density at radius 1 is 1.14 bits per heavy atom. The standard InChI is InChI=1S/C22H30F2N4O8S/c1-12(29)25-16(5-6-35-3)19(30)20(31)17(9-13-7-14(23)10-15(24)8-13)26-21(32)18-11-36-22(27-18)28(2)37(4,33)34/h7-8,10-11,16-17,19-20,30-31H,5-6,9H2,1-4H3,(H,25,29)(H,26,32). The van der Waals surface area contributed by atoms with Crippen molar-refractivity contribution in [3.05, 3.63) is 47.4 Å². The van der Waals surface area contributed by atoms with Gasteiger partial charge in [-0.2, -0.15) is 4.98 Å². The van der Waals surface area contributed by atoms with E-state index in [1.54, 1.807) is 0 Å². The number of oxazole rings is 1. The number of ether oxygens (including phenoxy) is 1. The molecule has 206 valence electrons. The van der Waals surface area contributed by atoms with E-state index in [0.717, 1.165) is 31.7 Å². The lowest BCUT2D eigenvalue weighted by Crippen LogP contribution is -2.56. The molecular weight excluding hydrogens is 518 g/mol. The van der Waals surface area contributed by atoms with Crippen LogP contribution in [0.2, 0.25) is 0 Å². The van der Waals surface area contributed by atoms with Crippen molar-refractivity contribution in [1.29, 1.82) is 0 Å². The molecule has 2 aromatic rings. The zero-order valence-corrected chi connectivity index (χ0v) is 21.5. The highest BCUT2D eigenvalue weighted by Gasteiger charge is 2.34. The Labute approximate surface area is 212 Å². The maximum absolute atomic E-state index is 13.8. The predicted molar refractivity (Wildman–Crippen MR) is 127 cm³/mol. The number of carbonyl (C=O) groups is 2. The third kappa shape index (κ3) is 8.73. The Hall–Kier alpha value is -3.14. The Morgan fingerprint density at radius 2 is 1.73 bits per heavy atom. The normalized spacial score (nSPS) is 14.9. The van der Waals surface area contributed by atoms with E-state index in [9.17, 15) is 37.0 Å². The van der Waals surface area contributed by atoms with E-state index in [2.05, 4.69) is 15.6 Å². The molecule has 0 aliphatic carbocycles. The second-order valence-corrected chi connectivity index (χ2v) is 10.4. The summed E-state index contributed by atoms with van der Waals surface area (Å²) in [6, 6.07) is -0.0925. The van der Waals surface area contributed by atoms with E-state index in [1.807, 2.05) is 0 Å². The molecule has 0 aliphatic heterocycles. The van der Waals surface area contributed by atoms with Gasteiger partial charge in [-0.25, -0.2) is 21.5 Å². The van der Waals surface area contributed by atoms with Crippen molar-refractivity contribution in [3.63, 3.8) is 0 Å². The van der Waals surface area contributed by atoms with Gasteiger partial charge < -0.3 is 30.0 Å². The number of hydrogen-bond donors (Lipinski definition) is 4. The Balaban J connectivity index is 2.35. The number of halogens is 2. The van der Waals surface area contributed by atoms with E-state index in [0.29, 0.717) is 10.4 Å². The van der Waals surface area contributed by atoms with Crippen molar-refractivity contribution in [2.75, 3.05) is 31.3 Å². The first kappa shape index (κ1) is 30.1. The van der Waals surface area contributed by atoms with Gasteiger partial charge >= 0.3 is 6.01 Å². The number of anilines is 1. The smallest absolute Gasteiger partial charge is 0.311 e.